The van der Waals surface area contributed by atoms with E-state index in [9.17, 15) is 23.1 Å². The van der Waals surface area contributed by atoms with Gasteiger partial charge < -0.3 is 5.11 Å². The average molecular weight is 312 g/mol. The zero-order chi connectivity index (χ0) is 15.5. The van der Waals surface area contributed by atoms with Gasteiger partial charge in [-0.05, 0) is 23.8 Å². The molecule has 0 spiro atoms. The first-order valence-corrected chi connectivity index (χ1v) is 6.87. The first-order chi connectivity index (χ1) is 9.88. The van der Waals surface area contributed by atoms with Crippen LogP contribution in [-0.2, 0) is 11.0 Å². The molecule has 2 nitrogen and oxygen atoms in total. The maximum atomic E-state index is 12.7. The number of hydrogen-bond donors (Lipinski definition) is 1. The lowest BCUT2D eigenvalue weighted by Crippen LogP contribution is -2.08. The summed E-state index contributed by atoms with van der Waals surface area (Å²) in [7, 11) is 0. The zero-order valence-electron chi connectivity index (χ0n) is 10.7. The fraction of sp³-hybridized carbons (Fsp3) is 0.133. The Hall–Kier alpha value is -1.95. The standard InChI is InChI=1S/C15H11F3O2S/c16-15(17,18)11-7-4-8-12(9-11)21-13(14(19)20)10-5-2-1-3-6-10/h1-9,13H,(H,19,20). The Kier molecular flexibility index (Phi) is 4.57. The predicted octanol–water partition coefficient (Wildman–Crippen LogP) is 4.62. The molecule has 0 saturated heterocycles. The lowest BCUT2D eigenvalue weighted by atomic mass is 10.1. The second kappa shape index (κ2) is 6.22. The Labute approximate surface area is 123 Å². The van der Waals surface area contributed by atoms with E-state index in [-0.39, 0.29) is 4.90 Å². The minimum atomic E-state index is -4.44. The van der Waals surface area contributed by atoms with E-state index in [1.807, 2.05) is 0 Å². The van der Waals surface area contributed by atoms with E-state index < -0.39 is 23.0 Å². The van der Waals surface area contributed by atoms with Crippen molar-refractivity contribution in [2.75, 3.05) is 0 Å². The molecular weight excluding hydrogens is 301 g/mol. The van der Waals surface area contributed by atoms with E-state index in [2.05, 4.69) is 0 Å². The Morgan fingerprint density at radius 1 is 1.05 bits per heavy atom. The maximum Gasteiger partial charge on any atom is 0.416 e. The van der Waals surface area contributed by atoms with Crippen molar-refractivity contribution in [2.24, 2.45) is 0 Å². The molecule has 0 saturated carbocycles. The summed E-state index contributed by atoms with van der Waals surface area (Å²) in [4.78, 5) is 11.6. The average Bonchev–Trinajstić information content (AvgIpc) is 2.45. The third-order valence-electron chi connectivity index (χ3n) is 2.74. The van der Waals surface area contributed by atoms with E-state index in [0.717, 1.165) is 23.9 Å². The van der Waals surface area contributed by atoms with Crippen molar-refractivity contribution in [2.45, 2.75) is 16.3 Å². The zero-order valence-corrected chi connectivity index (χ0v) is 11.5. The fourth-order valence-electron chi connectivity index (χ4n) is 1.77. The van der Waals surface area contributed by atoms with Gasteiger partial charge in [-0.3, -0.25) is 4.79 Å². The lowest BCUT2D eigenvalue weighted by molar-refractivity contribution is -0.138. The van der Waals surface area contributed by atoms with Gasteiger partial charge in [0, 0.05) is 4.90 Å². The summed E-state index contributed by atoms with van der Waals surface area (Å²) in [5, 5.41) is 8.32. The van der Waals surface area contributed by atoms with Crippen LogP contribution in [0.2, 0.25) is 0 Å². The van der Waals surface area contributed by atoms with Gasteiger partial charge in [0.1, 0.15) is 5.25 Å². The van der Waals surface area contributed by atoms with Crippen LogP contribution in [0.3, 0.4) is 0 Å². The van der Waals surface area contributed by atoms with Crippen molar-refractivity contribution in [3.05, 3.63) is 65.7 Å². The molecule has 2 aromatic rings. The molecule has 2 aromatic carbocycles. The number of thioether (sulfide) groups is 1. The minimum absolute atomic E-state index is 0.265. The molecule has 21 heavy (non-hydrogen) atoms. The van der Waals surface area contributed by atoms with Gasteiger partial charge in [0.2, 0.25) is 0 Å². The van der Waals surface area contributed by atoms with Crippen LogP contribution < -0.4 is 0 Å². The smallest absolute Gasteiger partial charge is 0.416 e. The van der Waals surface area contributed by atoms with Crippen LogP contribution in [0.25, 0.3) is 0 Å². The molecule has 0 aliphatic heterocycles. The molecule has 0 aliphatic carbocycles. The van der Waals surface area contributed by atoms with Crippen LogP contribution in [0.4, 0.5) is 13.2 Å². The Morgan fingerprint density at radius 3 is 2.29 bits per heavy atom. The highest BCUT2D eigenvalue weighted by Crippen LogP contribution is 2.38. The van der Waals surface area contributed by atoms with Crippen LogP contribution in [0.15, 0.2) is 59.5 Å². The van der Waals surface area contributed by atoms with E-state index in [0.29, 0.717) is 5.56 Å². The van der Waals surface area contributed by atoms with Gasteiger partial charge in [0.25, 0.3) is 0 Å². The molecule has 1 unspecified atom stereocenters. The molecule has 0 amide bonds. The Balaban J connectivity index is 2.28. The van der Waals surface area contributed by atoms with Gasteiger partial charge >= 0.3 is 12.1 Å². The number of aliphatic carboxylic acids is 1. The Bertz CT molecular complexity index is 626. The summed E-state index contributed by atoms with van der Waals surface area (Å²) in [5.74, 6) is -1.09. The third kappa shape index (κ3) is 4.01. The highest BCUT2D eigenvalue weighted by atomic mass is 32.2. The molecule has 0 aromatic heterocycles. The molecule has 0 fully saturated rings. The van der Waals surface area contributed by atoms with E-state index in [1.54, 1.807) is 30.3 Å². The highest BCUT2D eigenvalue weighted by molar-refractivity contribution is 8.00. The van der Waals surface area contributed by atoms with Crippen molar-refractivity contribution < 1.29 is 23.1 Å². The van der Waals surface area contributed by atoms with Crippen LogP contribution >= 0.6 is 11.8 Å². The highest BCUT2D eigenvalue weighted by Gasteiger charge is 2.31. The van der Waals surface area contributed by atoms with Gasteiger partial charge in [-0.15, -0.1) is 11.8 Å². The van der Waals surface area contributed by atoms with Crippen LogP contribution in [0.5, 0.6) is 0 Å². The molecule has 0 bridgehead atoms. The fourth-order valence-corrected chi connectivity index (χ4v) is 2.79. The number of carbonyl (C=O) groups is 1. The monoisotopic (exact) mass is 312 g/mol. The lowest BCUT2D eigenvalue weighted by Gasteiger charge is -2.14. The first-order valence-electron chi connectivity index (χ1n) is 5.99. The van der Waals surface area contributed by atoms with Crippen molar-refractivity contribution in [3.63, 3.8) is 0 Å². The number of carboxylic acid groups (broad SMARTS) is 1. The van der Waals surface area contributed by atoms with E-state index in [4.69, 9.17) is 0 Å². The Morgan fingerprint density at radius 2 is 1.71 bits per heavy atom. The number of halogens is 3. The van der Waals surface area contributed by atoms with E-state index >= 15 is 0 Å². The summed E-state index contributed by atoms with van der Waals surface area (Å²) in [6, 6.07) is 13.1. The van der Waals surface area contributed by atoms with Gasteiger partial charge in [-0.2, -0.15) is 13.2 Å². The second-order valence-corrected chi connectivity index (χ2v) is 5.45. The van der Waals surface area contributed by atoms with Gasteiger partial charge in [0.15, 0.2) is 0 Å². The van der Waals surface area contributed by atoms with Crippen LogP contribution in [-0.4, -0.2) is 11.1 Å². The number of alkyl halides is 3. The molecule has 0 heterocycles. The third-order valence-corrected chi connectivity index (χ3v) is 3.98. The van der Waals surface area contributed by atoms with E-state index in [1.165, 1.54) is 12.1 Å². The normalized spacial score (nSPS) is 12.9. The van der Waals surface area contributed by atoms with Gasteiger partial charge in [-0.1, -0.05) is 36.4 Å². The number of rotatable bonds is 4. The van der Waals surface area contributed by atoms with Crippen molar-refractivity contribution >= 4 is 17.7 Å². The molecular formula is C15H11F3O2S. The molecule has 1 N–H and O–H groups in total. The summed E-state index contributed by atoms with van der Waals surface area (Å²) >= 11 is 0.881. The predicted molar refractivity (Wildman–Crippen MR) is 74.1 cm³/mol. The van der Waals surface area contributed by atoms with Crippen molar-refractivity contribution in [1.82, 2.24) is 0 Å². The summed E-state index contributed by atoms with van der Waals surface area (Å²) in [6.45, 7) is 0. The quantitative estimate of drug-likeness (QED) is 0.837. The molecule has 2 rings (SSSR count). The van der Waals surface area contributed by atoms with Crippen molar-refractivity contribution in [3.8, 4) is 0 Å². The van der Waals surface area contributed by atoms with Crippen LogP contribution in [0, 0.1) is 0 Å². The number of carboxylic acids is 1. The van der Waals surface area contributed by atoms with Crippen molar-refractivity contribution in [1.29, 1.82) is 0 Å². The van der Waals surface area contributed by atoms with Crippen LogP contribution in [0.1, 0.15) is 16.4 Å². The molecule has 6 heteroatoms. The number of benzene rings is 2. The minimum Gasteiger partial charge on any atom is -0.480 e. The van der Waals surface area contributed by atoms with Gasteiger partial charge in [-0.25, -0.2) is 0 Å². The molecule has 0 aliphatic rings. The summed E-state index contributed by atoms with van der Waals surface area (Å²) < 4.78 is 38.0. The molecule has 110 valence electrons. The number of hydrogen-bond acceptors (Lipinski definition) is 2. The second-order valence-electron chi connectivity index (χ2n) is 4.27. The topological polar surface area (TPSA) is 37.3 Å². The molecule has 1 atom stereocenters. The summed E-state index contributed by atoms with van der Waals surface area (Å²) in [5.41, 5.74) is -0.253. The van der Waals surface area contributed by atoms with Gasteiger partial charge in [0.05, 0.1) is 5.56 Å². The first kappa shape index (κ1) is 15.4. The largest absolute Gasteiger partial charge is 0.480 e. The summed E-state index contributed by atoms with van der Waals surface area (Å²) in [6.07, 6.45) is -4.44. The molecule has 0 radical (unpaired) electrons. The maximum absolute atomic E-state index is 12.7. The SMILES string of the molecule is O=C(O)C(Sc1cccc(C(F)(F)F)c1)c1ccccc1.